The van der Waals surface area contributed by atoms with Crippen molar-refractivity contribution in [2.24, 2.45) is 0 Å². The molecule has 2 aromatic heterocycles. The topological polar surface area (TPSA) is 55.6 Å². The first-order valence-corrected chi connectivity index (χ1v) is 9.95. The summed E-state index contributed by atoms with van der Waals surface area (Å²) >= 11 is 0. The van der Waals surface area contributed by atoms with Crippen molar-refractivity contribution in [2.45, 2.75) is 34.3 Å². The number of aryl methyl sites for hydroxylation is 4. The van der Waals surface area contributed by atoms with E-state index in [-0.39, 0.29) is 5.91 Å². The van der Waals surface area contributed by atoms with Crippen LogP contribution in [0.5, 0.6) is 5.75 Å². The van der Waals surface area contributed by atoms with E-state index in [1.807, 2.05) is 61.8 Å². The van der Waals surface area contributed by atoms with E-state index in [1.54, 1.807) is 12.1 Å². The Labute approximate surface area is 176 Å². The van der Waals surface area contributed by atoms with Crippen LogP contribution in [0.15, 0.2) is 60.9 Å². The summed E-state index contributed by atoms with van der Waals surface area (Å²) in [5.74, 6) is 0.479. The Morgan fingerprint density at radius 1 is 0.967 bits per heavy atom. The number of hydrogen-bond donors (Lipinski definition) is 1. The fourth-order valence-corrected chi connectivity index (χ4v) is 3.67. The summed E-state index contributed by atoms with van der Waals surface area (Å²) < 4.78 is 7.89. The van der Waals surface area contributed by atoms with E-state index in [0.29, 0.717) is 17.9 Å². The SMILES string of the molecule is Cc1cc(C)c(NC(=O)c2cccc(OCc3cn4cc(C)ccc4n3)c2)c(C)c1. The molecule has 0 bridgehead atoms. The van der Waals surface area contributed by atoms with Crippen molar-refractivity contribution >= 4 is 17.2 Å². The Balaban J connectivity index is 1.47. The van der Waals surface area contributed by atoms with Gasteiger partial charge in [0.1, 0.15) is 18.0 Å². The van der Waals surface area contributed by atoms with E-state index in [0.717, 1.165) is 28.2 Å². The van der Waals surface area contributed by atoms with E-state index in [9.17, 15) is 4.79 Å². The molecule has 0 radical (unpaired) electrons. The number of rotatable bonds is 5. The summed E-state index contributed by atoms with van der Waals surface area (Å²) in [4.78, 5) is 17.4. The van der Waals surface area contributed by atoms with Gasteiger partial charge in [0.2, 0.25) is 0 Å². The molecule has 4 rings (SSSR count). The third-order valence-corrected chi connectivity index (χ3v) is 5.05. The maximum Gasteiger partial charge on any atom is 0.255 e. The number of carbonyl (C=O) groups is 1. The molecule has 0 aliphatic carbocycles. The molecule has 0 atom stereocenters. The number of nitrogens with zero attached hydrogens (tertiary/aromatic N) is 2. The van der Waals surface area contributed by atoms with Gasteiger partial charge < -0.3 is 14.5 Å². The zero-order chi connectivity index (χ0) is 21.3. The number of benzene rings is 2. The lowest BCUT2D eigenvalue weighted by Crippen LogP contribution is -2.14. The van der Waals surface area contributed by atoms with E-state index >= 15 is 0 Å². The Kier molecular flexibility index (Phi) is 5.27. The Hall–Kier alpha value is -3.60. The van der Waals surface area contributed by atoms with Gasteiger partial charge in [0, 0.05) is 23.6 Å². The smallest absolute Gasteiger partial charge is 0.255 e. The molecule has 0 unspecified atom stereocenters. The molecule has 0 aliphatic rings. The molecular weight excluding hydrogens is 374 g/mol. The molecule has 4 aromatic rings. The summed E-state index contributed by atoms with van der Waals surface area (Å²) in [6, 6.07) is 15.4. The normalized spacial score (nSPS) is 10.9. The largest absolute Gasteiger partial charge is 0.487 e. The highest BCUT2D eigenvalue weighted by molar-refractivity contribution is 6.05. The number of amides is 1. The molecule has 0 saturated heterocycles. The van der Waals surface area contributed by atoms with Crippen LogP contribution >= 0.6 is 0 Å². The van der Waals surface area contributed by atoms with Gasteiger partial charge in [0.25, 0.3) is 5.91 Å². The fraction of sp³-hybridized carbons (Fsp3) is 0.200. The Morgan fingerprint density at radius 2 is 1.73 bits per heavy atom. The first-order valence-electron chi connectivity index (χ1n) is 9.95. The summed E-state index contributed by atoms with van der Waals surface area (Å²) in [6.45, 7) is 8.45. The maximum atomic E-state index is 12.8. The quantitative estimate of drug-likeness (QED) is 0.489. The zero-order valence-electron chi connectivity index (χ0n) is 17.7. The van der Waals surface area contributed by atoms with Crippen LogP contribution in [-0.4, -0.2) is 15.3 Å². The number of carbonyl (C=O) groups excluding carboxylic acids is 1. The summed E-state index contributed by atoms with van der Waals surface area (Å²) in [5.41, 5.74) is 7.59. The van der Waals surface area contributed by atoms with Crippen molar-refractivity contribution in [3.05, 3.63) is 94.4 Å². The average molecular weight is 399 g/mol. The van der Waals surface area contributed by atoms with Gasteiger partial charge in [-0.15, -0.1) is 0 Å². The monoisotopic (exact) mass is 399 g/mol. The van der Waals surface area contributed by atoms with E-state index < -0.39 is 0 Å². The average Bonchev–Trinajstić information content (AvgIpc) is 3.11. The zero-order valence-corrected chi connectivity index (χ0v) is 17.7. The lowest BCUT2D eigenvalue weighted by atomic mass is 10.0. The van der Waals surface area contributed by atoms with E-state index in [2.05, 4.69) is 29.4 Å². The third-order valence-electron chi connectivity index (χ3n) is 5.05. The van der Waals surface area contributed by atoms with Gasteiger partial charge in [0.05, 0.1) is 5.69 Å². The molecule has 152 valence electrons. The van der Waals surface area contributed by atoms with Gasteiger partial charge in [-0.1, -0.05) is 29.8 Å². The van der Waals surface area contributed by atoms with Gasteiger partial charge in [-0.3, -0.25) is 4.79 Å². The predicted molar refractivity (Wildman–Crippen MR) is 119 cm³/mol. The second-order valence-electron chi connectivity index (χ2n) is 7.75. The Morgan fingerprint density at radius 3 is 2.50 bits per heavy atom. The van der Waals surface area contributed by atoms with Crippen LogP contribution in [0, 0.1) is 27.7 Å². The highest BCUT2D eigenvalue weighted by Gasteiger charge is 2.12. The lowest BCUT2D eigenvalue weighted by Gasteiger charge is -2.13. The highest BCUT2D eigenvalue weighted by atomic mass is 16.5. The van der Waals surface area contributed by atoms with Crippen LogP contribution in [0.25, 0.3) is 5.65 Å². The van der Waals surface area contributed by atoms with Crippen LogP contribution in [0.1, 0.15) is 38.3 Å². The molecule has 0 spiro atoms. The van der Waals surface area contributed by atoms with Crippen LogP contribution < -0.4 is 10.1 Å². The standard InChI is InChI=1S/C25H25N3O2/c1-16-8-9-23-26-21(14-28(23)13-16)15-30-22-7-5-6-20(12-22)25(29)27-24-18(3)10-17(2)11-19(24)4/h5-14H,15H2,1-4H3,(H,27,29). The number of fused-ring (bicyclic) bond motifs is 1. The predicted octanol–water partition coefficient (Wildman–Crippen LogP) is 5.40. The van der Waals surface area contributed by atoms with Crippen LogP contribution in [0.2, 0.25) is 0 Å². The number of imidazole rings is 1. The van der Waals surface area contributed by atoms with Crippen LogP contribution in [0.3, 0.4) is 0 Å². The molecule has 2 heterocycles. The number of pyridine rings is 1. The second kappa shape index (κ2) is 8.03. The molecule has 5 nitrogen and oxygen atoms in total. The number of hydrogen-bond acceptors (Lipinski definition) is 3. The molecule has 5 heteroatoms. The maximum absolute atomic E-state index is 12.8. The number of anilines is 1. The molecule has 30 heavy (non-hydrogen) atoms. The van der Waals surface area contributed by atoms with Crippen molar-refractivity contribution in [1.82, 2.24) is 9.38 Å². The molecule has 2 aromatic carbocycles. The van der Waals surface area contributed by atoms with Gasteiger partial charge in [0.15, 0.2) is 0 Å². The fourth-order valence-electron chi connectivity index (χ4n) is 3.67. The minimum absolute atomic E-state index is 0.154. The molecular formula is C25H25N3O2. The number of nitrogens with one attached hydrogen (secondary N) is 1. The van der Waals surface area contributed by atoms with Gasteiger partial charge in [-0.2, -0.15) is 0 Å². The van der Waals surface area contributed by atoms with Crippen LogP contribution in [-0.2, 0) is 6.61 Å². The van der Waals surface area contributed by atoms with Gasteiger partial charge >= 0.3 is 0 Å². The molecule has 1 amide bonds. The molecule has 0 fully saturated rings. The van der Waals surface area contributed by atoms with Crippen LogP contribution in [0.4, 0.5) is 5.69 Å². The summed E-state index contributed by atoms with van der Waals surface area (Å²) in [5, 5.41) is 3.04. The highest BCUT2D eigenvalue weighted by Crippen LogP contribution is 2.23. The van der Waals surface area contributed by atoms with Crippen molar-refractivity contribution in [1.29, 1.82) is 0 Å². The van der Waals surface area contributed by atoms with Gasteiger partial charge in [-0.05, 0) is 68.7 Å². The third kappa shape index (κ3) is 4.20. The molecule has 0 aliphatic heterocycles. The second-order valence-corrected chi connectivity index (χ2v) is 7.75. The summed E-state index contributed by atoms with van der Waals surface area (Å²) in [7, 11) is 0. The van der Waals surface area contributed by atoms with E-state index in [4.69, 9.17) is 4.74 Å². The molecule has 1 N–H and O–H groups in total. The molecule has 0 saturated carbocycles. The summed E-state index contributed by atoms with van der Waals surface area (Å²) in [6.07, 6.45) is 3.99. The van der Waals surface area contributed by atoms with Gasteiger partial charge in [-0.25, -0.2) is 4.98 Å². The lowest BCUT2D eigenvalue weighted by molar-refractivity contribution is 0.102. The number of ether oxygens (including phenoxy) is 1. The first kappa shape index (κ1) is 19.7. The van der Waals surface area contributed by atoms with E-state index in [1.165, 1.54) is 11.1 Å². The van der Waals surface area contributed by atoms with Crippen molar-refractivity contribution in [3.63, 3.8) is 0 Å². The minimum atomic E-state index is -0.154. The van der Waals surface area contributed by atoms with Crippen molar-refractivity contribution in [2.75, 3.05) is 5.32 Å². The van der Waals surface area contributed by atoms with Crippen molar-refractivity contribution in [3.8, 4) is 5.75 Å². The number of aromatic nitrogens is 2. The first-order chi connectivity index (χ1) is 14.4. The van der Waals surface area contributed by atoms with Crippen molar-refractivity contribution < 1.29 is 9.53 Å². The minimum Gasteiger partial charge on any atom is -0.487 e. The Bertz CT molecular complexity index is 1220.